The summed E-state index contributed by atoms with van der Waals surface area (Å²) in [7, 11) is 0. The van der Waals surface area contributed by atoms with E-state index in [2.05, 4.69) is 10.5 Å². The van der Waals surface area contributed by atoms with E-state index in [0.29, 0.717) is 16.1 Å². The Morgan fingerprint density at radius 2 is 1.55 bits per heavy atom. The van der Waals surface area contributed by atoms with Crippen molar-refractivity contribution in [2.75, 3.05) is 0 Å². The van der Waals surface area contributed by atoms with Gasteiger partial charge in [0, 0.05) is 22.7 Å². The number of ether oxygens (including phenoxy) is 1. The molecule has 3 aromatic carbocycles. The van der Waals surface area contributed by atoms with E-state index in [9.17, 15) is 29.8 Å². The van der Waals surface area contributed by atoms with Gasteiger partial charge in [-0.05, 0) is 42.0 Å². The molecule has 0 aliphatic carbocycles. The van der Waals surface area contributed by atoms with Gasteiger partial charge in [-0.2, -0.15) is 5.10 Å². The second kappa shape index (κ2) is 10.1. The molecule has 0 spiro atoms. The zero-order chi connectivity index (χ0) is 24.0. The minimum atomic E-state index is -1.02. The lowest BCUT2D eigenvalue weighted by atomic mass is 10.1. The lowest BCUT2D eigenvalue weighted by Gasteiger charge is -2.05. The smallest absolute Gasteiger partial charge is 0.344 e. The maximum atomic E-state index is 12.4. The highest BCUT2D eigenvalue weighted by atomic mass is 35.5. The van der Waals surface area contributed by atoms with E-state index in [1.807, 2.05) is 0 Å². The molecule has 0 unspecified atom stereocenters. The van der Waals surface area contributed by atoms with Gasteiger partial charge in [0.2, 0.25) is 0 Å². The van der Waals surface area contributed by atoms with Crippen LogP contribution in [0, 0.1) is 20.2 Å². The first-order valence-corrected chi connectivity index (χ1v) is 9.46. The molecule has 33 heavy (non-hydrogen) atoms. The first kappa shape index (κ1) is 23.0. The Morgan fingerprint density at radius 3 is 2.15 bits per heavy atom. The number of nitrogens with one attached hydrogen (secondary N) is 1. The number of hydrogen-bond acceptors (Lipinski definition) is 8. The number of nitro benzene ring substituents is 2. The van der Waals surface area contributed by atoms with Gasteiger partial charge < -0.3 is 4.74 Å². The molecule has 0 saturated carbocycles. The van der Waals surface area contributed by atoms with Crippen LogP contribution in [0.1, 0.15) is 26.3 Å². The van der Waals surface area contributed by atoms with Crippen LogP contribution in [0.2, 0.25) is 5.02 Å². The summed E-state index contributed by atoms with van der Waals surface area (Å²) in [6.07, 6.45) is 1.31. The van der Waals surface area contributed by atoms with Crippen molar-refractivity contribution in [1.29, 1.82) is 0 Å². The van der Waals surface area contributed by atoms with Gasteiger partial charge in [-0.3, -0.25) is 25.0 Å². The predicted octanol–water partition coefficient (Wildman–Crippen LogP) is 4.14. The molecule has 1 amide bonds. The van der Waals surface area contributed by atoms with Crippen LogP contribution in [0.3, 0.4) is 0 Å². The molecule has 0 aromatic heterocycles. The Balaban J connectivity index is 1.71. The van der Waals surface area contributed by atoms with Gasteiger partial charge in [-0.15, -0.1) is 0 Å². The van der Waals surface area contributed by atoms with Crippen molar-refractivity contribution in [3.63, 3.8) is 0 Å². The third kappa shape index (κ3) is 6.18. The minimum Gasteiger partial charge on any atom is -0.423 e. The zero-order valence-electron chi connectivity index (χ0n) is 16.5. The number of rotatable bonds is 7. The maximum Gasteiger partial charge on any atom is 0.344 e. The number of nitro groups is 2. The van der Waals surface area contributed by atoms with E-state index >= 15 is 0 Å². The summed E-state index contributed by atoms with van der Waals surface area (Å²) in [5.41, 5.74) is 1.56. The van der Waals surface area contributed by atoms with Gasteiger partial charge in [-0.1, -0.05) is 23.7 Å². The van der Waals surface area contributed by atoms with Crippen LogP contribution in [0.5, 0.6) is 5.75 Å². The predicted molar refractivity (Wildman–Crippen MR) is 118 cm³/mol. The Kier molecular flexibility index (Phi) is 7.06. The molecule has 12 heteroatoms. The van der Waals surface area contributed by atoms with E-state index in [0.717, 1.165) is 18.2 Å². The molecular weight excluding hydrogens is 456 g/mol. The van der Waals surface area contributed by atoms with Gasteiger partial charge >= 0.3 is 5.97 Å². The molecule has 0 bridgehead atoms. The molecule has 3 rings (SSSR count). The fourth-order valence-corrected chi connectivity index (χ4v) is 2.71. The van der Waals surface area contributed by atoms with Gasteiger partial charge in [0.25, 0.3) is 17.3 Å². The Labute approximate surface area is 190 Å². The lowest BCUT2D eigenvalue weighted by Crippen LogP contribution is -2.17. The Hall–Kier alpha value is -4.64. The van der Waals surface area contributed by atoms with Crippen LogP contribution >= 0.6 is 11.6 Å². The highest BCUT2D eigenvalue weighted by Crippen LogP contribution is 2.24. The largest absolute Gasteiger partial charge is 0.423 e. The molecule has 0 fully saturated rings. The summed E-state index contributed by atoms with van der Waals surface area (Å²) in [4.78, 5) is 44.7. The van der Waals surface area contributed by atoms with Crippen molar-refractivity contribution in [3.05, 3.63) is 109 Å². The van der Waals surface area contributed by atoms with Gasteiger partial charge in [0.05, 0.1) is 27.7 Å². The number of hydrogen-bond donors (Lipinski definition) is 1. The molecule has 3 aromatic rings. The fourth-order valence-electron chi connectivity index (χ4n) is 2.58. The third-order valence-corrected chi connectivity index (χ3v) is 4.37. The van der Waals surface area contributed by atoms with E-state index in [4.69, 9.17) is 16.3 Å². The van der Waals surface area contributed by atoms with Crippen molar-refractivity contribution in [3.8, 4) is 5.75 Å². The molecule has 1 N–H and O–H groups in total. The van der Waals surface area contributed by atoms with E-state index in [1.54, 1.807) is 24.3 Å². The number of esters is 1. The van der Waals surface area contributed by atoms with E-state index in [-0.39, 0.29) is 11.3 Å². The molecule has 0 aliphatic rings. The number of carbonyl (C=O) groups excluding carboxylic acids is 2. The van der Waals surface area contributed by atoms with Crippen LogP contribution in [-0.4, -0.2) is 27.9 Å². The number of amides is 1. The van der Waals surface area contributed by atoms with Crippen LogP contribution < -0.4 is 10.2 Å². The first-order chi connectivity index (χ1) is 15.7. The molecule has 0 atom stereocenters. The average Bonchev–Trinajstić information content (AvgIpc) is 2.79. The van der Waals surface area contributed by atoms with Crippen LogP contribution in [-0.2, 0) is 0 Å². The quantitative estimate of drug-likeness (QED) is 0.179. The maximum absolute atomic E-state index is 12.4. The van der Waals surface area contributed by atoms with Crippen molar-refractivity contribution in [1.82, 2.24) is 5.43 Å². The first-order valence-electron chi connectivity index (χ1n) is 9.08. The molecule has 11 nitrogen and oxygen atoms in total. The normalized spacial score (nSPS) is 10.6. The zero-order valence-corrected chi connectivity index (χ0v) is 17.3. The fraction of sp³-hybridized carbons (Fsp3) is 0. The summed E-state index contributed by atoms with van der Waals surface area (Å²) < 4.78 is 5.17. The van der Waals surface area contributed by atoms with Gasteiger partial charge in [0.15, 0.2) is 0 Å². The number of benzene rings is 3. The second-order valence-electron chi connectivity index (χ2n) is 6.42. The van der Waals surface area contributed by atoms with Gasteiger partial charge in [0.1, 0.15) is 5.75 Å². The standard InChI is InChI=1S/C21H13ClN4O7/c22-16-6-4-14(5-7-16)20(27)24-23-12-13-2-1-3-19(8-13)33-21(28)15-9-17(25(29)30)11-18(10-15)26(31)32/h1-12H,(H,24,27). The number of carbonyl (C=O) groups is 2. The van der Waals surface area contributed by atoms with E-state index < -0.39 is 33.1 Å². The summed E-state index contributed by atoms with van der Waals surface area (Å²) in [5.74, 6) is -1.42. The van der Waals surface area contributed by atoms with Crippen LogP contribution in [0.15, 0.2) is 71.8 Å². The number of halogens is 1. The Bertz CT molecular complexity index is 1240. The molecule has 166 valence electrons. The topological polar surface area (TPSA) is 154 Å². The average molecular weight is 469 g/mol. The molecule has 0 radical (unpaired) electrons. The van der Waals surface area contributed by atoms with Crippen LogP contribution in [0.25, 0.3) is 0 Å². The van der Waals surface area contributed by atoms with Crippen LogP contribution in [0.4, 0.5) is 11.4 Å². The SMILES string of the molecule is O=C(NN=Cc1cccc(OC(=O)c2cc([N+](=O)[O-])cc([N+](=O)[O-])c2)c1)c1ccc(Cl)cc1. The number of nitrogens with zero attached hydrogens (tertiary/aromatic N) is 3. The molecule has 0 saturated heterocycles. The summed E-state index contributed by atoms with van der Waals surface area (Å²) in [6.45, 7) is 0. The van der Waals surface area contributed by atoms with Gasteiger partial charge in [-0.25, -0.2) is 10.2 Å². The summed E-state index contributed by atoms with van der Waals surface area (Å²) in [5, 5.41) is 26.3. The highest BCUT2D eigenvalue weighted by molar-refractivity contribution is 6.30. The Morgan fingerprint density at radius 1 is 0.909 bits per heavy atom. The number of non-ortho nitro benzene ring substituents is 2. The summed E-state index contributed by atoms with van der Waals surface area (Å²) >= 11 is 5.78. The third-order valence-electron chi connectivity index (χ3n) is 4.11. The highest BCUT2D eigenvalue weighted by Gasteiger charge is 2.21. The van der Waals surface area contributed by atoms with Crippen molar-refractivity contribution < 1.29 is 24.2 Å². The monoisotopic (exact) mass is 468 g/mol. The molecule has 0 heterocycles. The van der Waals surface area contributed by atoms with Crippen molar-refractivity contribution in [2.24, 2.45) is 5.10 Å². The van der Waals surface area contributed by atoms with Crippen molar-refractivity contribution >= 4 is 41.1 Å². The van der Waals surface area contributed by atoms with Crippen molar-refractivity contribution in [2.45, 2.75) is 0 Å². The second-order valence-corrected chi connectivity index (χ2v) is 6.86. The number of hydrazone groups is 1. The minimum absolute atomic E-state index is 0.0575. The molecule has 0 aliphatic heterocycles. The van der Waals surface area contributed by atoms with E-state index in [1.165, 1.54) is 30.5 Å². The summed E-state index contributed by atoms with van der Waals surface area (Å²) in [6, 6.07) is 14.7. The molecular formula is C21H13ClN4O7. The lowest BCUT2D eigenvalue weighted by molar-refractivity contribution is -0.394.